The minimum atomic E-state index is 0.578. The van der Waals surface area contributed by atoms with Gasteiger partial charge in [0.2, 0.25) is 0 Å². The minimum absolute atomic E-state index is 0.578. The van der Waals surface area contributed by atoms with E-state index in [1.54, 1.807) is 16.4 Å². The summed E-state index contributed by atoms with van der Waals surface area (Å²) in [5.74, 6) is 0.578. The molecule has 0 aliphatic carbocycles. The number of thioether (sulfide) groups is 1. The minimum Gasteiger partial charge on any atom is -0.382 e. The molecule has 0 radical (unpaired) electrons. The number of anilines is 1. The zero-order valence-electron chi connectivity index (χ0n) is 8.77. The van der Waals surface area contributed by atoms with Gasteiger partial charge in [-0.3, -0.25) is 4.68 Å². The summed E-state index contributed by atoms with van der Waals surface area (Å²) in [6.07, 6.45) is 4.00. The Morgan fingerprint density at radius 3 is 2.40 bits per heavy atom. The number of aryl methyl sites for hydroxylation is 1. The molecule has 0 aliphatic rings. The maximum absolute atomic E-state index is 5.81. The van der Waals surface area contributed by atoms with Crippen LogP contribution in [0.1, 0.15) is 0 Å². The van der Waals surface area contributed by atoms with E-state index in [-0.39, 0.29) is 0 Å². The van der Waals surface area contributed by atoms with E-state index in [2.05, 4.69) is 35.6 Å². The SMILES string of the molecule is CSc1ccc(-c2cn(C)nc2N)cc1. The largest absolute Gasteiger partial charge is 0.382 e. The molecule has 0 fully saturated rings. The van der Waals surface area contributed by atoms with E-state index >= 15 is 0 Å². The van der Waals surface area contributed by atoms with Crippen LogP contribution in [0.3, 0.4) is 0 Å². The van der Waals surface area contributed by atoms with Crippen LogP contribution < -0.4 is 5.73 Å². The van der Waals surface area contributed by atoms with Crippen LogP contribution in [0, 0.1) is 0 Å². The van der Waals surface area contributed by atoms with E-state index in [1.165, 1.54) is 4.90 Å². The molecule has 0 saturated heterocycles. The van der Waals surface area contributed by atoms with Crippen LogP contribution in [0.25, 0.3) is 11.1 Å². The molecule has 2 rings (SSSR count). The van der Waals surface area contributed by atoms with Gasteiger partial charge in [-0.1, -0.05) is 12.1 Å². The van der Waals surface area contributed by atoms with Crippen molar-refractivity contribution in [1.82, 2.24) is 9.78 Å². The average Bonchev–Trinajstić information content (AvgIpc) is 2.58. The van der Waals surface area contributed by atoms with Gasteiger partial charge in [-0.25, -0.2) is 0 Å². The second-order valence-corrected chi connectivity index (χ2v) is 4.21. The first-order chi connectivity index (χ1) is 7.20. The third-order valence-electron chi connectivity index (χ3n) is 2.26. The van der Waals surface area contributed by atoms with Crippen LogP contribution in [-0.4, -0.2) is 16.0 Å². The Morgan fingerprint density at radius 2 is 1.93 bits per heavy atom. The van der Waals surface area contributed by atoms with Gasteiger partial charge >= 0.3 is 0 Å². The number of nitrogen functional groups attached to an aromatic ring is 1. The van der Waals surface area contributed by atoms with E-state index in [9.17, 15) is 0 Å². The summed E-state index contributed by atoms with van der Waals surface area (Å²) in [6.45, 7) is 0. The van der Waals surface area contributed by atoms with Crippen LogP contribution in [-0.2, 0) is 7.05 Å². The normalized spacial score (nSPS) is 10.5. The molecule has 0 atom stereocenters. The Labute approximate surface area is 93.3 Å². The Balaban J connectivity index is 2.41. The summed E-state index contributed by atoms with van der Waals surface area (Å²) < 4.78 is 1.73. The molecule has 0 saturated carbocycles. The molecule has 2 N–H and O–H groups in total. The second-order valence-electron chi connectivity index (χ2n) is 3.33. The lowest BCUT2D eigenvalue weighted by atomic mass is 10.1. The average molecular weight is 219 g/mol. The number of benzene rings is 1. The second kappa shape index (κ2) is 3.98. The summed E-state index contributed by atoms with van der Waals surface area (Å²) in [5.41, 5.74) is 7.91. The highest BCUT2D eigenvalue weighted by atomic mass is 32.2. The molecule has 1 aromatic heterocycles. The molecule has 1 aromatic carbocycles. The standard InChI is InChI=1S/C11H13N3S/c1-14-7-10(11(12)13-14)8-3-5-9(15-2)6-4-8/h3-7H,1-2H3,(H2,12,13). The summed E-state index contributed by atoms with van der Waals surface area (Å²) in [7, 11) is 1.87. The summed E-state index contributed by atoms with van der Waals surface area (Å²) in [4.78, 5) is 1.25. The van der Waals surface area contributed by atoms with Gasteiger partial charge in [-0.15, -0.1) is 11.8 Å². The molecule has 0 unspecified atom stereocenters. The summed E-state index contributed by atoms with van der Waals surface area (Å²) in [5, 5.41) is 4.12. The lowest BCUT2D eigenvalue weighted by Gasteiger charge is -2.00. The maximum Gasteiger partial charge on any atom is 0.153 e. The van der Waals surface area contributed by atoms with Crippen molar-refractivity contribution >= 4 is 17.6 Å². The van der Waals surface area contributed by atoms with E-state index in [0.717, 1.165) is 11.1 Å². The lowest BCUT2D eigenvalue weighted by Crippen LogP contribution is -1.90. The van der Waals surface area contributed by atoms with Gasteiger partial charge in [-0.05, 0) is 24.0 Å². The topological polar surface area (TPSA) is 43.8 Å². The molecule has 15 heavy (non-hydrogen) atoms. The third-order valence-corrected chi connectivity index (χ3v) is 3.00. The maximum atomic E-state index is 5.81. The molecule has 0 bridgehead atoms. The molecule has 78 valence electrons. The molecule has 3 nitrogen and oxygen atoms in total. The van der Waals surface area contributed by atoms with Crippen LogP contribution in [0.15, 0.2) is 35.4 Å². The van der Waals surface area contributed by atoms with Crippen LogP contribution in [0.4, 0.5) is 5.82 Å². The number of nitrogens with zero attached hydrogens (tertiary/aromatic N) is 2. The van der Waals surface area contributed by atoms with Crippen molar-refractivity contribution in [2.24, 2.45) is 7.05 Å². The van der Waals surface area contributed by atoms with Crippen molar-refractivity contribution in [3.8, 4) is 11.1 Å². The number of rotatable bonds is 2. The molecule has 1 heterocycles. The molecule has 0 amide bonds. The van der Waals surface area contributed by atoms with Gasteiger partial charge in [0, 0.05) is 23.7 Å². The van der Waals surface area contributed by atoms with Crippen LogP contribution >= 0.6 is 11.8 Å². The van der Waals surface area contributed by atoms with Gasteiger partial charge < -0.3 is 5.73 Å². The zero-order chi connectivity index (χ0) is 10.8. The summed E-state index contributed by atoms with van der Waals surface area (Å²) in [6, 6.07) is 8.32. The van der Waals surface area contributed by atoms with Gasteiger partial charge in [0.15, 0.2) is 5.82 Å². The Morgan fingerprint density at radius 1 is 1.27 bits per heavy atom. The lowest BCUT2D eigenvalue weighted by molar-refractivity contribution is 0.772. The van der Waals surface area contributed by atoms with Crippen molar-refractivity contribution in [3.05, 3.63) is 30.5 Å². The molecular formula is C11H13N3S. The van der Waals surface area contributed by atoms with Gasteiger partial charge in [0.1, 0.15) is 0 Å². The van der Waals surface area contributed by atoms with Crippen LogP contribution in [0.5, 0.6) is 0 Å². The van der Waals surface area contributed by atoms with E-state index in [1.807, 2.05) is 13.2 Å². The monoisotopic (exact) mass is 219 g/mol. The van der Waals surface area contributed by atoms with Gasteiger partial charge in [0.25, 0.3) is 0 Å². The summed E-state index contributed by atoms with van der Waals surface area (Å²) >= 11 is 1.73. The highest BCUT2D eigenvalue weighted by Gasteiger charge is 2.05. The highest BCUT2D eigenvalue weighted by molar-refractivity contribution is 7.98. The van der Waals surface area contributed by atoms with E-state index < -0.39 is 0 Å². The number of aromatic nitrogens is 2. The zero-order valence-corrected chi connectivity index (χ0v) is 9.58. The third kappa shape index (κ3) is 1.99. The fraction of sp³-hybridized carbons (Fsp3) is 0.182. The fourth-order valence-corrected chi connectivity index (χ4v) is 1.91. The molecular weight excluding hydrogens is 206 g/mol. The number of hydrogen-bond donors (Lipinski definition) is 1. The first-order valence-corrected chi connectivity index (χ1v) is 5.86. The number of hydrogen-bond acceptors (Lipinski definition) is 3. The molecule has 4 heteroatoms. The predicted molar refractivity (Wildman–Crippen MR) is 64.8 cm³/mol. The Bertz CT molecular complexity index is 459. The molecule has 0 aliphatic heterocycles. The van der Waals surface area contributed by atoms with E-state index in [4.69, 9.17) is 5.73 Å². The number of nitrogens with two attached hydrogens (primary N) is 1. The van der Waals surface area contributed by atoms with Crippen molar-refractivity contribution in [2.75, 3.05) is 12.0 Å². The first kappa shape index (κ1) is 10.1. The smallest absolute Gasteiger partial charge is 0.153 e. The van der Waals surface area contributed by atoms with Crippen molar-refractivity contribution < 1.29 is 0 Å². The first-order valence-electron chi connectivity index (χ1n) is 4.64. The fourth-order valence-electron chi connectivity index (χ4n) is 1.50. The van der Waals surface area contributed by atoms with Crippen molar-refractivity contribution in [1.29, 1.82) is 0 Å². The Hall–Kier alpha value is -1.42. The van der Waals surface area contributed by atoms with Crippen molar-refractivity contribution in [3.63, 3.8) is 0 Å². The van der Waals surface area contributed by atoms with Crippen LogP contribution in [0.2, 0.25) is 0 Å². The predicted octanol–water partition coefficient (Wildman–Crippen LogP) is 2.39. The Kier molecular flexibility index (Phi) is 2.68. The quantitative estimate of drug-likeness (QED) is 0.789. The molecule has 2 aromatic rings. The van der Waals surface area contributed by atoms with E-state index in [0.29, 0.717) is 5.82 Å². The van der Waals surface area contributed by atoms with Crippen molar-refractivity contribution in [2.45, 2.75) is 4.90 Å². The van der Waals surface area contributed by atoms with Gasteiger partial charge in [-0.2, -0.15) is 5.10 Å². The van der Waals surface area contributed by atoms with Gasteiger partial charge in [0.05, 0.1) is 0 Å². The molecule has 0 spiro atoms. The highest BCUT2D eigenvalue weighted by Crippen LogP contribution is 2.26.